The number of carbonyl (C=O) groups is 1. The lowest BCUT2D eigenvalue weighted by atomic mass is 10.1. The van der Waals surface area contributed by atoms with Crippen molar-refractivity contribution in [2.24, 2.45) is 0 Å². The van der Waals surface area contributed by atoms with E-state index >= 15 is 0 Å². The Labute approximate surface area is 91.3 Å². The highest BCUT2D eigenvalue weighted by Gasteiger charge is 2.24. The van der Waals surface area contributed by atoms with E-state index in [0.29, 0.717) is 0 Å². The van der Waals surface area contributed by atoms with Crippen molar-refractivity contribution in [3.63, 3.8) is 0 Å². The molecule has 0 unspecified atom stereocenters. The molecular formula is C10H11BrN2O. The first-order valence-corrected chi connectivity index (χ1v) is 5.43. The first kappa shape index (κ1) is 9.65. The summed E-state index contributed by atoms with van der Waals surface area (Å²) in [5.74, 6) is 0. The van der Waals surface area contributed by atoms with Crippen LogP contribution in [0, 0.1) is 0 Å². The largest absolute Gasteiger partial charge is 0.338 e. The highest BCUT2D eigenvalue weighted by atomic mass is 79.9. The molecule has 2 rings (SSSR count). The molecule has 2 heterocycles. The van der Waals surface area contributed by atoms with Gasteiger partial charge in [-0.3, -0.25) is 4.79 Å². The van der Waals surface area contributed by atoms with Crippen molar-refractivity contribution in [3.05, 3.63) is 28.5 Å². The Morgan fingerprint density at radius 2 is 2.43 bits per heavy atom. The minimum absolute atomic E-state index is 0.230. The molecule has 1 aliphatic rings. The Morgan fingerprint density at radius 1 is 1.57 bits per heavy atom. The third-order valence-corrected chi connectivity index (χ3v) is 3.03. The lowest BCUT2D eigenvalue weighted by Crippen LogP contribution is -2.21. The number of hydrogen-bond donors (Lipinski definition) is 0. The topological polar surface area (TPSA) is 33.2 Å². The summed E-state index contributed by atoms with van der Waals surface area (Å²) in [6.45, 7) is 0.865. The normalized spacial score (nSPS) is 21.2. The molecule has 0 aromatic carbocycles. The Balaban J connectivity index is 2.21. The van der Waals surface area contributed by atoms with Gasteiger partial charge in [0.2, 0.25) is 6.41 Å². The maximum atomic E-state index is 10.8. The van der Waals surface area contributed by atoms with Crippen LogP contribution in [0.3, 0.4) is 0 Å². The Hall–Kier alpha value is -0.900. The third-order valence-electron chi connectivity index (χ3n) is 2.56. The molecule has 0 spiro atoms. The quantitative estimate of drug-likeness (QED) is 0.599. The summed E-state index contributed by atoms with van der Waals surface area (Å²) in [4.78, 5) is 16.8. The molecule has 1 aliphatic heterocycles. The van der Waals surface area contributed by atoms with E-state index in [1.54, 1.807) is 0 Å². The number of rotatable bonds is 2. The first-order chi connectivity index (χ1) is 6.81. The Bertz CT molecular complexity index is 325. The van der Waals surface area contributed by atoms with E-state index in [9.17, 15) is 4.79 Å². The van der Waals surface area contributed by atoms with Crippen LogP contribution in [-0.2, 0) is 4.79 Å². The van der Waals surface area contributed by atoms with E-state index in [1.165, 1.54) is 0 Å². The lowest BCUT2D eigenvalue weighted by Gasteiger charge is -2.19. The molecule has 14 heavy (non-hydrogen) atoms. The van der Waals surface area contributed by atoms with Gasteiger partial charge in [0, 0.05) is 12.7 Å². The average Bonchev–Trinajstić information content (AvgIpc) is 2.67. The summed E-state index contributed by atoms with van der Waals surface area (Å²) < 4.78 is 0.830. The molecule has 1 aromatic rings. The molecule has 1 atom stereocenters. The fourth-order valence-corrected chi connectivity index (χ4v) is 2.09. The number of likely N-dealkylation sites (tertiary alicyclic amines) is 1. The zero-order valence-electron chi connectivity index (χ0n) is 7.69. The fourth-order valence-electron chi connectivity index (χ4n) is 1.86. The molecule has 3 nitrogen and oxygen atoms in total. The molecule has 74 valence electrons. The molecule has 1 saturated heterocycles. The number of amides is 1. The zero-order valence-corrected chi connectivity index (χ0v) is 9.27. The van der Waals surface area contributed by atoms with Gasteiger partial charge < -0.3 is 4.90 Å². The zero-order chi connectivity index (χ0) is 9.97. The van der Waals surface area contributed by atoms with Crippen LogP contribution in [-0.4, -0.2) is 22.8 Å². The number of carbonyl (C=O) groups excluding carboxylic acids is 1. The summed E-state index contributed by atoms with van der Waals surface area (Å²) in [5.41, 5.74) is 1.12. The standard InChI is InChI=1S/C10H11BrN2O/c11-10-4-3-8(6-12-10)9-2-1-5-13(9)7-14/h3-4,6-7,9H,1-2,5H2/t9-/m1/s1. The summed E-state index contributed by atoms with van der Waals surface area (Å²) in [5, 5.41) is 0. The molecule has 1 fully saturated rings. The second-order valence-electron chi connectivity index (χ2n) is 3.42. The van der Waals surface area contributed by atoms with Crippen molar-refractivity contribution in [2.45, 2.75) is 18.9 Å². The Morgan fingerprint density at radius 3 is 3.07 bits per heavy atom. The molecule has 0 aliphatic carbocycles. The van der Waals surface area contributed by atoms with E-state index in [2.05, 4.69) is 20.9 Å². The molecule has 0 bridgehead atoms. The van der Waals surface area contributed by atoms with Crippen molar-refractivity contribution >= 4 is 22.3 Å². The van der Waals surface area contributed by atoms with Gasteiger partial charge in [-0.05, 0) is 40.4 Å². The number of hydrogen-bond acceptors (Lipinski definition) is 2. The summed E-state index contributed by atoms with van der Waals surface area (Å²) in [6, 6.07) is 4.16. The van der Waals surface area contributed by atoms with Crippen LogP contribution in [0.1, 0.15) is 24.4 Å². The Kier molecular flexibility index (Phi) is 2.82. The molecular weight excluding hydrogens is 244 g/mol. The van der Waals surface area contributed by atoms with Crippen molar-refractivity contribution < 1.29 is 4.79 Å². The van der Waals surface area contributed by atoms with E-state index in [4.69, 9.17) is 0 Å². The van der Waals surface area contributed by atoms with Gasteiger partial charge in [0.1, 0.15) is 4.60 Å². The predicted octanol–water partition coefficient (Wildman–Crippen LogP) is 2.14. The van der Waals surface area contributed by atoms with E-state index < -0.39 is 0 Å². The van der Waals surface area contributed by atoms with Crippen molar-refractivity contribution in [1.29, 1.82) is 0 Å². The molecule has 0 radical (unpaired) electrons. The summed E-state index contributed by atoms with van der Waals surface area (Å²) in [6.07, 6.45) is 4.89. The van der Waals surface area contributed by atoms with Gasteiger partial charge in [0.05, 0.1) is 6.04 Å². The highest BCUT2D eigenvalue weighted by Crippen LogP contribution is 2.30. The van der Waals surface area contributed by atoms with Crippen LogP contribution < -0.4 is 0 Å². The molecule has 0 saturated carbocycles. The van der Waals surface area contributed by atoms with Crippen molar-refractivity contribution in [2.75, 3.05) is 6.54 Å². The van der Waals surface area contributed by atoms with E-state index in [-0.39, 0.29) is 6.04 Å². The van der Waals surface area contributed by atoms with Gasteiger partial charge >= 0.3 is 0 Å². The SMILES string of the molecule is O=CN1CCC[C@@H]1c1ccc(Br)nc1. The first-order valence-electron chi connectivity index (χ1n) is 4.64. The molecule has 0 N–H and O–H groups in total. The second kappa shape index (κ2) is 4.09. The van der Waals surface area contributed by atoms with Crippen molar-refractivity contribution in [1.82, 2.24) is 9.88 Å². The van der Waals surface area contributed by atoms with Gasteiger partial charge in [-0.15, -0.1) is 0 Å². The van der Waals surface area contributed by atoms with Crippen LogP contribution in [0.5, 0.6) is 0 Å². The monoisotopic (exact) mass is 254 g/mol. The number of halogens is 1. The molecule has 1 aromatic heterocycles. The summed E-state index contributed by atoms with van der Waals surface area (Å²) in [7, 11) is 0. The van der Waals surface area contributed by atoms with Gasteiger partial charge in [0.15, 0.2) is 0 Å². The smallest absolute Gasteiger partial charge is 0.210 e. The van der Waals surface area contributed by atoms with Crippen molar-refractivity contribution in [3.8, 4) is 0 Å². The molecule has 1 amide bonds. The number of pyridine rings is 1. The average molecular weight is 255 g/mol. The van der Waals surface area contributed by atoms with Gasteiger partial charge in [-0.2, -0.15) is 0 Å². The van der Waals surface area contributed by atoms with Gasteiger partial charge in [-0.1, -0.05) is 6.07 Å². The lowest BCUT2D eigenvalue weighted by molar-refractivity contribution is -0.118. The second-order valence-corrected chi connectivity index (χ2v) is 4.23. The summed E-state index contributed by atoms with van der Waals surface area (Å²) >= 11 is 3.29. The maximum Gasteiger partial charge on any atom is 0.210 e. The number of aromatic nitrogens is 1. The highest BCUT2D eigenvalue weighted by molar-refractivity contribution is 9.10. The van der Waals surface area contributed by atoms with E-state index in [1.807, 2.05) is 23.2 Å². The van der Waals surface area contributed by atoms with Gasteiger partial charge in [-0.25, -0.2) is 4.98 Å². The van der Waals surface area contributed by atoms with Gasteiger partial charge in [0.25, 0.3) is 0 Å². The third kappa shape index (κ3) is 1.80. The van der Waals surface area contributed by atoms with E-state index in [0.717, 1.165) is 36.0 Å². The van der Waals surface area contributed by atoms with Crippen LogP contribution in [0.2, 0.25) is 0 Å². The van der Waals surface area contributed by atoms with Crippen LogP contribution >= 0.6 is 15.9 Å². The molecule has 4 heteroatoms. The minimum Gasteiger partial charge on any atom is -0.338 e. The van der Waals surface area contributed by atoms with Crippen LogP contribution in [0.4, 0.5) is 0 Å². The fraction of sp³-hybridized carbons (Fsp3) is 0.400. The van der Waals surface area contributed by atoms with Crippen LogP contribution in [0.15, 0.2) is 22.9 Å². The maximum absolute atomic E-state index is 10.8. The van der Waals surface area contributed by atoms with Crippen LogP contribution in [0.25, 0.3) is 0 Å². The predicted molar refractivity (Wildman–Crippen MR) is 56.7 cm³/mol. The number of nitrogens with zero attached hydrogens (tertiary/aromatic N) is 2. The minimum atomic E-state index is 0.230.